The maximum absolute atomic E-state index is 9.74. The summed E-state index contributed by atoms with van der Waals surface area (Å²) in [6, 6.07) is 7.70. The van der Waals surface area contributed by atoms with Crippen LogP contribution in [0.2, 0.25) is 0 Å². The van der Waals surface area contributed by atoms with Gasteiger partial charge in [-0.3, -0.25) is 0 Å². The Hall–Kier alpha value is -1.06. The zero-order valence-corrected chi connectivity index (χ0v) is 10.00. The molecule has 2 rings (SSSR count). The molecule has 0 bridgehead atoms. The average molecular weight is 222 g/mol. The van der Waals surface area contributed by atoms with Crippen molar-refractivity contribution in [1.82, 2.24) is 0 Å². The standard InChI is InChI=1S/C13H20N2O/c1-14-7-4-8-15(10-9-14)11-12-5-2-3-6-13(12)16/h2-3,5-6,16H,4,7-11H2,1H3/p+2. The SMILES string of the molecule is C[NH+]1CCC[NH+](Cc2ccccc2O)CC1. The molecule has 1 aromatic carbocycles. The molecule has 1 heterocycles. The largest absolute Gasteiger partial charge is 0.507 e. The molecule has 1 fully saturated rings. The fourth-order valence-corrected chi connectivity index (χ4v) is 2.39. The van der Waals surface area contributed by atoms with E-state index in [9.17, 15) is 5.11 Å². The highest BCUT2D eigenvalue weighted by Gasteiger charge is 2.18. The number of rotatable bonds is 2. The molecule has 0 amide bonds. The smallest absolute Gasteiger partial charge is 0.127 e. The third-order valence-corrected chi connectivity index (χ3v) is 3.47. The summed E-state index contributed by atoms with van der Waals surface area (Å²) in [7, 11) is 2.27. The molecule has 3 heteroatoms. The lowest BCUT2D eigenvalue weighted by molar-refractivity contribution is -0.938. The molecule has 0 spiro atoms. The highest BCUT2D eigenvalue weighted by atomic mass is 16.3. The van der Waals surface area contributed by atoms with Crippen LogP contribution in [0.4, 0.5) is 0 Å². The summed E-state index contributed by atoms with van der Waals surface area (Å²) in [6.45, 7) is 5.92. The molecule has 88 valence electrons. The number of aromatic hydroxyl groups is 1. The highest BCUT2D eigenvalue weighted by Crippen LogP contribution is 2.13. The van der Waals surface area contributed by atoms with Crippen LogP contribution in [0.1, 0.15) is 12.0 Å². The van der Waals surface area contributed by atoms with E-state index >= 15 is 0 Å². The van der Waals surface area contributed by atoms with Crippen LogP contribution >= 0.6 is 0 Å². The molecule has 0 radical (unpaired) electrons. The molecular formula is C13H22N2O+2. The summed E-state index contributed by atoms with van der Waals surface area (Å²) in [4.78, 5) is 3.23. The molecule has 1 aromatic rings. The van der Waals surface area contributed by atoms with Gasteiger partial charge in [-0.15, -0.1) is 0 Å². The van der Waals surface area contributed by atoms with Crippen molar-refractivity contribution in [2.24, 2.45) is 0 Å². The monoisotopic (exact) mass is 222 g/mol. The Morgan fingerprint density at radius 1 is 1.12 bits per heavy atom. The van der Waals surface area contributed by atoms with E-state index in [0.29, 0.717) is 5.75 Å². The van der Waals surface area contributed by atoms with Gasteiger partial charge in [0.2, 0.25) is 0 Å². The molecule has 2 unspecified atom stereocenters. The van der Waals surface area contributed by atoms with Crippen LogP contribution in [0, 0.1) is 0 Å². The summed E-state index contributed by atoms with van der Waals surface area (Å²) in [5.41, 5.74) is 1.08. The summed E-state index contributed by atoms with van der Waals surface area (Å²) >= 11 is 0. The van der Waals surface area contributed by atoms with Crippen molar-refractivity contribution in [3.63, 3.8) is 0 Å². The second-order valence-corrected chi connectivity index (χ2v) is 4.87. The molecular weight excluding hydrogens is 200 g/mol. The van der Waals surface area contributed by atoms with E-state index < -0.39 is 0 Å². The number of para-hydroxylation sites is 1. The average Bonchev–Trinajstić information content (AvgIpc) is 2.47. The van der Waals surface area contributed by atoms with Gasteiger partial charge < -0.3 is 14.9 Å². The van der Waals surface area contributed by atoms with E-state index in [4.69, 9.17) is 0 Å². The van der Waals surface area contributed by atoms with Crippen LogP contribution in [0.5, 0.6) is 5.75 Å². The van der Waals surface area contributed by atoms with E-state index in [1.807, 2.05) is 18.2 Å². The minimum Gasteiger partial charge on any atom is -0.507 e. The van der Waals surface area contributed by atoms with Crippen LogP contribution in [0.15, 0.2) is 24.3 Å². The molecule has 3 nitrogen and oxygen atoms in total. The van der Waals surface area contributed by atoms with Gasteiger partial charge in [0.05, 0.1) is 20.1 Å². The third-order valence-electron chi connectivity index (χ3n) is 3.47. The number of likely N-dealkylation sites (N-methyl/N-ethyl adjacent to an activating group) is 1. The first kappa shape index (κ1) is 11.4. The van der Waals surface area contributed by atoms with Crippen LogP contribution < -0.4 is 9.80 Å². The number of hydrogen-bond donors (Lipinski definition) is 3. The van der Waals surface area contributed by atoms with Gasteiger partial charge in [-0.1, -0.05) is 12.1 Å². The normalized spacial score (nSPS) is 26.3. The second-order valence-electron chi connectivity index (χ2n) is 4.87. The van der Waals surface area contributed by atoms with E-state index in [-0.39, 0.29) is 0 Å². The second kappa shape index (κ2) is 5.32. The number of phenols is 1. The Morgan fingerprint density at radius 2 is 1.94 bits per heavy atom. The molecule has 16 heavy (non-hydrogen) atoms. The Morgan fingerprint density at radius 3 is 2.75 bits per heavy atom. The summed E-state index contributed by atoms with van der Waals surface area (Å²) in [5, 5.41) is 9.74. The number of hydrogen-bond acceptors (Lipinski definition) is 1. The van der Waals surface area contributed by atoms with E-state index in [1.54, 1.807) is 15.9 Å². The minimum atomic E-state index is 0.444. The number of nitrogens with one attached hydrogen (secondary N) is 2. The minimum absolute atomic E-state index is 0.444. The van der Waals surface area contributed by atoms with Crippen LogP contribution in [-0.2, 0) is 6.54 Å². The maximum Gasteiger partial charge on any atom is 0.127 e. The Kier molecular flexibility index (Phi) is 3.80. The van der Waals surface area contributed by atoms with Gasteiger partial charge in [0.25, 0.3) is 0 Å². The van der Waals surface area contributed by atoms with Crippen molar-refractivity contribution >= 4 is 0 Å². The number of quaternary nitrogens is 2. The first-order valence-electron chi connectivity index (χ1n) is 6.17. The van der Waals surface area contributed by atoms with Crippen LogP contribution in [0.3, 0.4) is 0 Å². The first-order chi connectivity index (χ1) is 7.75. The molecule has 0 aliphatic carbocycles. The summed E-state index contributed by atoms with van der Waals surface area (Å²) < 4.78 is 0. The Labute approximate surface area is 97.3 Å². The molecule has 3 N–H and O–H groups in total. The van der Waals surface area contributed by atoms with E-state index in [2.05, 4.69) is 7.05 Å². The Bertz CT molecular complexity index is 340. The fraction of sp³-hybridized carbons (Fsp3) is 0.538. The van der Waals surface area contributed by atoms with Gasteiger partial charge in [-0.2, -0.15) is 0 Å². The van der Waals surface area contributed by atoms with Gasteiger partial charge in [-0.25, -0.2) is 0 Å². The van der Waals surface area contributed by atoms with Gasteiger partial charge >= 0.3 is 0 Å². The quantitative estimate of drug-likeness (QED) is 0.570. The highest BCUT2D eigenvalue weighted by molar-refractivity contribution is 5.30. The van der Waals surface area contributed by atoms with Crippen molar-refractivity contribution in [2.45, 2.75) is 13.0 Å². The number of phenolic OH excluding ortho intramolecular Hbond substituents is 1. The van der Waals surface area contributed by atoms with Gasteiger partial charge in [0, 0.05) is 12.0 Å². The number of benzene rings is 1. The van der Waals surface area contributed by atoms with Crippen molar-refractivity contribution < 1.29 is 14.9 Å². The van der Waals surface area contributed by atoms with Crippen molar-refractivity contribution in [3.8, 4) is 5.75 Å². The van der Waals surface area contributed by atoms with Gasteiger partial charge in [0.15, 0.2) is 0 Å². The van der Waals surface area contributed by atoms with Crippen LogP contribution in [-0.4, -0.2) is 38.3 Å². The van der Waals surface area contributed by atoms with E-state index in [0.717, 1.165) is 12.1 Å². The zero-order valence-electron chi connectivity index (χ0n) is 10.00. The van der Waals surface area contributed by atoms with E-state index in [1.165, 1.54) is 32.6 Å². The molecule has 0 saturated carbocycles. The lowest BCUT2D eigenvalue weighted by atomic mass is 10.2. The summed E-state index contributed by atoms with van der Waals surface area (Å²) in [6.07, 6.45) is 1.29. The first-order valence-corrected chi connectivity index (χ1v) is 6.17. The summed E-state index contributed by atoms with van der Waals surface area (Å²) in [5.74, 6) is 0.444. The Balaban J connectivity index is 1.96. The molecule has 1 saturated heterocycles. The van der Waals surface area contributed by atoms with Crippen molar-refractivity contribution in [2.75, 3.05) is 33.2 Å². The predicted octanol–water partition coefficient (Wildman–Crippen LogP) is -1.30. The molecule has 2 atom stereocenters. The van der Waals surface area contributed by atoms with Crippen molar-refractivity contribution in [1.29, 1.82) is 0 Å². The third kappa shape index (κ3) is 2.97. The topological polar surface area (TPSA) is 29.1 Å². The van der Waals surface area contributed by atoms with Gasteiger partial charge in [-0.05, 0) is 12.1 Å². The molecule has 1 aliphatic rings. The van der Waals surface area contributed by atoms with Gasteiger partial charge in [0.1, 0.15) is 25.4 Å². The fourth-order valence-electron chi connectivity index (χ4n) is 2.39. The molecule has 0 aromatic heterocycles. The predicted molar refractivity (Wildman–Crippen MR) is 63.7 cm³/mol. The molecule has 1 aliphatic heterocycles. The zero-order chi connectivity index (χ0) is 11.4. The van der Waals surface area contributed by atoms with Crippen molar-refractivity contribution in [3.05, 3.63) is 29.8 Å². The lowest BCUT2D eigenvalue weighted by Crippen LogP contribution is -3.15. The maximum atomic E-state index is 9.74. The van der Waals surface area contributed by atoms with Crippen LogP contribution in [0.25, 0.3) is 0 Å². The lowest BCUT2D eigenvalue weighted by Gasteiger charge is -2.16.